The average Bonchev–Trinajstić information content (AvgIpc) is 3.14. The molecule has 0 amide bonds. The van der Waals surface area contributed by atoms with E-state index in [1.165, 1.54) is 16.9 Å². The number of hydrogen-bond acceptors (Lipinski definition) is 4. The molecule has 0 spiro atoms. The SMILES string of the molecule is Cc1nc2sc3c(c2c(-c2ccco2)c1CC(=O)O)CCC(C)C3. The van der Waals surface area contributed by atoms with Crippen LogP contribution in [0.3, 0.4) is 0 Å². The van der Waals surface area contributed by atoms with E-state index in [9.17, 15) is 9.90 Å². The molecule has 3 heterocycles. The number of rotatable bonds is 3. The van der Waals surface area contributed by atoms with Crippen molar-refractivity contribution in [2.24, 2.45) is 5.92 Å². The van der Waals surface area contributed by atoms with E-state index in [-0.39, 0.29) is 6.42 Å². The number of aryl methyl sites for hydroxylation is 2. The first kappa shape index (κ1) is 15.4. The van der Waals surface area contributed by atoms with E-state index < -0.39 is 5.97 Å². The lowest BCUT2D eigenvalue weighted by molar-refractivity contribution is -0.136. The minimum Gasteiger partial charge on any atom is -0.481 e. The van der Waals surface area contributed by atoms with Crippen molar-refractivity contribution in [3.63, 3.8) is 0 Å². The molecule has 0 bridgehead atoms. The molecule has 4 nitrogen and oxygen atoms in total. The van der Waals surface area contributed by atoms with Crippen LogP contribution in [-0.2, 0) is 24.1 Å². The first-order chi connectivity index (χ1) is 11.5. The van der Waals surface area contributed by atoms with Gasteiger partial charge in [-0.3, -0.25) is 4.79 Å². The van der Waals surface area contributed by atoms with Crippen molar-refractivity contribution in [2.75, 3.05) is 0 Å². The van der Waals surface area contributed by atoms with Crippen LogP contribution in [0.25, 0.3) is 21.5 Å². The highest BCUT2D eigenvalue weighted by Gasteiger charge is 2.27. The van der Waals surface area contributed by atoms with Gasteiger partial charge >= 0.3 is 5.97 Å². The molecule has 5 heteroatoms. The summed E-state index contributed by atoms with van der Waals surface area (Å²) in [5, 5.41) is 10.5. The van der Waals surface area contributed by atoms with Crippen LogP contribution < -0.4 is 0 Å². The van der Waals surface area contributed by atoms with E-state index >= 15 is 0 Å². The van der Waals surface area contributed by atoms with E-state index in [1.807, 2.05) is 19.1 Å². The highest BCUT2D eigenvalue weighted by atomic mass is 32.1. The molecule has 1 N–H and O–H groups in total. The maximum Gasteiger partial charge on any atom is 0.307 e. The number of hydrogen-bond donors (Lipinski definition) is 1. The zero-order valence-electron chi connectivity index (χ0n) is 13.8. The summed E-state index contributed by atoms with van der Waals surface area (Å²) in [5.74, 6) is 0.586. The fraction of sp³-hybridized carbons (Fsp3) is 0.368. The second-order valence-electron chi connectivity index (χ2n) is 6.63. The number of pyridine rings is 1. The van der Waals surface area contributed by atoms with Crippen LogP contribution in [0.2, 0.25) is 0 Å². The van der Waals surface area contributed by atoms with Crippen LogP contribution in [-0.4, -0.2) is 16.1 Å². The van der Waals surface area contributed by atoms with Gasteiger partial charge < -0.3 is 9.52 Å². The average molecular weight is 341 g/mol. The lowest BCUT2D eigenvalue weighted by atomic mass is 9.87. The zero-order chi connectivity index (χ0) is 16.8. The molecule has 0 aromatic carbocycles. The third-order valence-corrected chi connectivity index (χ3v) is 5.99. The van der Waals surface area contributed by atoms with Crippen LogP contribution in [0, 0.1) is 12.8 Å². The minimum absolute atomic E-state index is 0.0359. The smallest absolute Gasteiger partial charge is 0.307 e. The predicted octanol–water partition coefficient (Wildman–Crippen LogP) is 4.62. The standard InChI is InChI=1S/C19H19NO3S/c1-10-5-6-12-15(8-10)24-19-18(12)17(14-4-3-7-23-14)13(9-16(21)22)11(2)20-19/h3-4,7,10H,5-6,8-9H2,1-2H3,(H,21,22). The van der Waals surface area contributed by atoms with Crippen LogP contribution in [0.5, 0.6) is 0 Å². The summed E-state index contributed by atoms with van der Waals surface area (Å²) in [6, 6.07) is 3.76. The Kier molecular flexibility index (Phi) is 3.68. The second-order valence-corrected chi connectivity index (χ2v) is 7.71. The summed E-state index contributed by atoms with van der Waals surface area (Å²) in [7, 11) is 0. The molecule has 0 aliphatic heterocycles. The Morgan fingerprint density at radius 3 is 3.04 bits per heavy atom. The highest BCUT2D eigenvalue weighted by Crippen LogP contribution is 2.44. The molecule has 1 aliphatic carbocycles. The van der Waals surface area contributed by atoms with Crippen LogP contribution in [0.4, 0.5) is 0 Å². The molecule has 0 saturated carbocycles. The summed E-state index contributed by atoms with van der Waals surface area (Å²) in [4.78, 5) is 18.5. The van der Waals surface area contributed by atoms with Crippen molar-refractivity contribution >= 4 is 27.5 Å². The maximum absolute atomic E-state index is 11.4. The molecular formula is C19H19NO3S. The number of aliphatic carboxylic acids is 1. The Labute approximate surface area is 144 Å². The monoisotopic (exact) mass is 341 g/mol. The van der Waals surface area contributed by atoms with Crippen molar-refractivity contribution in [1.29, 1.82) is 0 Å². The van der Waals surface area contributed by atoms with Crippen LogP contribution >= 0.6 is 11.3 Å². The highest BCUT2D eigenvalue weighted by molar-refractivity contribution is 7.19. The van der Waals surface area contributed by atoms with Crippen molar-refractivity contribution in [2.45, 2.75) is 39.5 Å². The molecular weight excluding hydrogens is 322 g/mol. The number of carboxylic acid groups (broad SMARTS) is 1. The fourth-order valence-electron chi connectivity index (χ4n) is 3.68. The van der Waals surface area contributed by atoms with Gasteiger partial charge in [0.1, 0.15) is 10.6 Å². The van der Waals surface area contributed by atoms with E-state index in [0.29, 0.717) is 5.92 Å². The van der Waals surface area contributed by atoms with E-state index in [1.54, 1.807) is 17.6 Å². The topological polar surface area (TPSA) is 63.3 Å². The molecule has 1 aliphatic rings. The third-order valence-electron chi connectivity index (χ3n) is 4.85. The van der Waals surface area contributed by atoms with Crippen molar-refractivity contribution in [1.82, 2.24) is 4.98 Å². The van der Waals surface area contributed by atoms with Gasteiger partial charge in [0.15, 0.2) is 0 Å². The molecule has 0 saturated heterocycles. The number of carbonyl (C=O) groups is 1. The number of thiophene rings is 1. The van der Waals surface area contributed by atoms with Gasteiger partial charge in [-0.15, -0.1) is 11.3 Å². The summed E-state index contributed by atoms with van der Waals surface area (Å²) >= 11 is 1.76. The molecule has 0 radical (unpaired) electrons. The Morgan fingerprint density at radius 2 is 2.33 bits per heavy atom. The normalized spacial score (nSPS) is 17.2. The largest absolute Gasteiger partial charge is 0.481 e. The minimum atomic E-state index is -0.843. The second kappa shape index (κ2) is 5.74. The molecule has 3 aromatic rings. The van der Waals surface area contributed by atoms with Gasteiger partial charge in [0.25, 0.3) is 0 Å². The van der Waals surface area contributed by atoms with Crippen LogP contribution in [0.15, 0.2) is 22.8 Å². The predicted molar refractivity (Wildman–Crippen MR) is 94.6 cm³/mol. The van der Waals surface area contributed by atoms with Gasteiger partial charge in [0.05, 0.1) is 12.7 Å². The number of nitrogens with zero attached hydrogens (tertiary/aromatic N) is 1. The Bertz CT molecular complexity index is 924. The van der Waals surface area contributed by atoms with Gasteiger partial charge in [-0.2, -0.15) is 0 Å². The first-order valence-corrected chi connectivity index (χ1v) is 9.05. The third kappa shape index (κ3) is 2.44. The molecule has 24 heavy (non-hydrogen) atoms. The van der Waals surface area contributed by atoms with Crippen molar-refractivity contribution in [3.8, 4) is 11.3 Å². The molecule has 3 aromatic heterocycles. The van der Waals surface area contributed by atoms with Crippen molar-refractivity contribution < 1.29 is 14.3 Å². The summed E-state index contributed by atoms with van der Waals surface area (Å²) in [5.41, 5.74) is 3.82. The fourth-order valence-corrected chi connectivity index (χ4v) is 5.12. The lowest BCUT2D eigenvalue weighted by Crippen LogP contribution is -2.09. The van der Waals surface area contributed by atoms with Gasteiger partial charge in [0.2, 0.25) is 0 Å². The van der Waals surface area contributed by atoms with Gasteiger partial charge in [0, 0.05) is 21.5 Å². The lowest BCUT2D eigenvalue weighted by Gasteiger charge is -2.19. The van der Waals surface area contributed by atoms with Gasteiger partial charge in [-0.05, 0) is 55.4 Å². The Balaban J connectivity index is 2.06. The van der Waals surface area contributed by atoms with Gasteiger partial charge in [-0.25, -0.2) is 4.98 Å². The van der Waals surface area contributed by atoms with E-state index in [4.69, 9.17) is 9.40 Å². The Morgan fingerprint density at radius 1 is 1.50 bits per heavy atom. The van der Waals surface area contributed by atoms with E-state index in [2.05, 4.69) is 6.92 Å². The molecule has 4 rings (SSSR count). The number of aromatic nitrogens is 1. The summed E-state index contributed by atoms with van der Waals surface area (Å²) < 4.78 is 5.67. The number of fused-ring (bicyclic) bond motifs is 3. The number of carboxylic acids is 1. The quantitative estimate of drug-likeness (QED) is 0.755. The Hall–Kier alpha value is -2.14. The van der Waals surface area contributed by atoms with E-state index in [0.717, 1.165) is 45.6 Å². The maximum atomic E-state index is 11.4. The molecule has 1 unspecified atom stereocenters. The molecule has 1 atom stereocenters. The van der Waals surface area contributed by atoms with Crippen LogP contribution in [0.1, 0.15) is 35.0 Å². The molecule has 124 valence electrons. The number of furan rings is 1. The summed E-state index contributed by atoms with van der Waals surface area (Å²) in [6.07, 6.45) is 4.88. The molecule has 0 fully saturated rings. The zero-order valence-corrected chi connectivity index (χ0v) is 14.6. The summed E-state index contributed by atoms with van der Waals surface area (Å²) in [6.45, 7) is 4.18. The first-order valence-electron chi connectivity index (χ1n) is 8.24. The van der Waals surface area contributed by atoms with Gasteiger partial charge in [-0.1, -0.05) is 6.92 Å². The van der Waals surface area contributed by atoms with Crippen molar-refractivity contribution in [3.05, 3.63) is 40.1 Å².